The number of anilines is 1. The van der Waals surface area contributed by atoms with Gasteiger partial charge in [0.2, 0.25) is 0 Å². The lowest BCUT2D eigenvalue weighted by atomic mass is 9.94. The lowest BCUT2D eigenvalue weighted by Crippen LogP contribution is -2.43. The molecule has 0 radical (unpaired) electrons. The van der Waals surface area contributed by atoms with Gasteiger partial charge in [-0.3, -0.25) is 19.7 Å². The van der Waals surface area contributed by atoms with Crippen LogP contribution in [0.2, 0.25) is 0 Å². The number of benzene rings is 2. The highest BCUT2D eigenvalue weighted by atomic mass is 19.4. The molecule has 3 N–H and O–H groups in total. The zero-order valence-electron chi connectivity index (χ0n) is 23.7. The molecule has 0 spiro atoms. The highest BCUT2D eigenvalue weighted by Crippen LogP contribution is 2.32. The zero-order valence-corrected chi connectivity index (χ0v) is 23.7. The number of likely N-dealkylation sites (tertiary alicyclic amines) is 1. The van der Waals surface area contributed by atoms with Crippen LogP contribution in [-0.4, -0.2) is 74.8 Å². The van der Waals surface area contributed by atoms with Crippen LogP contribution >= 0.6 is 0 Å². The van der Waals surface area contributed by atoms with Crippen LogP contribution in [0.5, 0.6) is 0 Å². The largest absolute Gasteiger partial charge is 0.471 e. The van der Waals surface area contributed by atoms with Crippen molar-refractivity contribution in [2.45, 2.75) is 25.1 Å². The van der Waals surface area contributed by atoms with Crippen LogP contribution in [-0.2, 0) is 11.8 Å². The third kappa shape index (κ3) is 6.72. The van der Waals surface area contributed by atoms with Crippen LogP contribution in [0.1, 0.15) is 17.0 Å². The molecule has 1 fully saturated rings. The Morgan fingerprint density at radius 1 is 1.05 bits per heavy atom. The summed E-state index contributed by atoms with van der Waals surface area (Å²) in [6.45, 7) is 1.94. The first-order valence-corrected chi connectivity index (χ1v) is 13.6. The van der Waals surface area contributed by atoms with E-state index in [1.165, 1.54) is 6.07 Å². The first-order chi connectivity index (χ1) is 20.9. The summed E-state index contributed by atoms with van der Waals surface area (Å²) in [5.41, 5.74) is 3.10. The number of para-hydroxylation sites is 1. The number of urea groups is 1. The second kappa shape index (κ2) is 12.4. The maximum Gasteiger partial charge on any atom is 0.471 e. The third-order valence-electron chi connectivity index (χ3n) is 7.39. The van der Waals surface area contributed by atoms with Crippen LogP contribution in [0.4, 0.5) is 32.6 Å². The van der Waals surface area contributed by atoms with Gasteiger partial charge in [0.15, 0.2) is 11.6 Å². The van der Waals surface area contributed by atoms with Gasteiger partial charge in [0.1, 0.15) is 11.5 Å². The van der Waals surface area contributed by atoms with Crippen molar-refractivity contribution in [3.05, 3.63) is 83.7 Å². The predicted molar refractivity (Wildman–Crippen MR) is 151 cm³/mol. The van der Waals surface area contributed by atoms with Crippen molar-refractivity contribution in [1.82, 2.24) is 35.1 Å². The van der Waals surface area contributed by atoms with Gasteiger partial charge in [0, 0.05) is 56.5 Å². The molecule has 2 aromatic heterocycles. The standard InChI is InChI=1S/C29H29F5N8O2/c1-17-25(19-13-36-40(2)14-19)39-42(20-6-4-3-5-7-20)26(17)38-28(44)37-24-16-41(11-10-35-27(43)29(32,33)34)15-21(24)18-8-9-22(30)23(31)12-18/h3-9,12-14,21,24H,10-11,15-16H2,1-2H3,(H,35,43)(H2,37,38,44)/t21-,24+/m0/s1. The summed E-state index contributed by atoms with van der Waals surface area (Å²) < 4.78 is 68.8. The Morgan fingerprint density at radius 3 is 2.45 bits per heavy atom. The molecule has 44 heavy (non-hydrogen) atoms. The summed E-state index contributed by atoms with van der Waals surface area (Å²) in [7, 11) is 1.78. The maximum atomic E-state index is 14.1. The van der Waals surface area contributed by atoms with Crippen LogP contribution < -0.4 is 16.0 Å². The van der Waals surface area contributed by atoms with Gasteiger partial charge in [-0.1, -0.05) is 24.3 Å². The molecule has 0 aliphatic carbocycles. The smallest absolute Gasteiger partial charge is 0.347 e. The van der Waals surface area contributed by atoms with E-state index in [0.29, 0.717) is 28.3 Å². The molecule has 2 aromatic carbocycles. The quantitative estimate of drug-likeness (QED) is 0.258. The molecule has 3 amide bonds. The fraction of sp³-hybridized carbons (Fsp3) is 0.310. The van der Waals surface area contributed by atoms with E-state index >= 15 is 0 Å². The fourth-order valence-corrected chi connectivity index (χ4v) is 5.25. The lowest BCUT2D eigenvalue weighted by molar-refractivity contribution is -0.173. The van der Waals surface area contributed by atoms with Crippen LogP contribution in [0.25, 0.3) is 16.9 Å². The molecule has 1 aliphatic rings. The molecule has 15 heteroatoms. The Balaban J connectivity index is 1.37. The number of halogens is 5. The lowest BCUT2D eigenvalue weighted by Gasteiger charge is -2.21. The van der Waals surface area contributed by atoms with Crippen LogP contribution in [0, 0.1) is 18.6 Å². The number of carbonyl (C=O) groups is 2. The summed E-state index contributed by atoms with van der Waals surface area (Å²) in [6.07, 6.45) is -1.56. The molecule has 10 nitrogen and oxygen atoms in total. The van der Waals surface area contributed by atoms with E-state index in [0.717, 1.165) is 17.7 Å². The van der Waals surface area contributed by atoms with Crippen molar-refractivity contribution in [2.75, 3.05) is 31.5 Å². The summed E-state index contributed by atoms with van der Waals surface area (Å²) in [5.74, 6) is -4.29. The number of aryl methyl sites for hydroxylation is 1. The van der Waals surface area contributed by atoms with Gasteiger partial charge in [0.25, 0.3) is 0 Å². The first-order valence-electron chi connectivity index (χ1n) is 13.6. The third-order valence-corrected chi connectivity index (χ3v) is 7.39. The molecule has 0 unspecified atom stereocenters. The number of nitrogens with one attached hydrogen (secondary N) is 3. The van der Waals surface area contributed by atoms with Crippen molar-refractivity contribution >= 4 is 17.8 Å². The van der Waals surface area contributed by atoms with Crippen molar-refractivity contribution in [3.8, 4) is 16.9 Å². The second-order valence-corrected chi connectivity index (χ2v) is 10.5. The van der Waals surface area contributed by atoms with Crippen LogP contribution in [0.15, 0.2) is 60.9 Å². The molecular formula is C29H29F5N8O2. The van der Waals surface area contributed by atoms with Gasteiger partial charge in [-0.05, 0) is 36.8 Å². The van der Waals surface area contributed by atoms with Gasteiger partial charge in [-0.2, -0.15) is 23.4 Å². The monoisotopic (exact) mass is 616 g/mol. The van der Waals surface area contributed by atoms with Gasteiger partial charge in [-0.25, -0.2) is 18.3 Å². The van der Waals surface area contributed by atoms with E-state index in [2.05, 4.69) is 15.7 Å². The Labute approximate surface area is 248 Å². The Kier molecular flexibility index (Phi) is 8.67. The molecule has 0 bridgehead atoms. The van der Waals surface area contributed by atoms with Crippen molar-refractivity contribution in [2.24, 2.45) is 7.05 Å². The molecule has 0 saturated carbocycles. The first kappa shape index (κ1) is 30.7. The number of hydrogen-bond donors (Lipinski definition) is 3. The van der Waals surface area contributed by atoms with Gasteiger partial charge in [-0.15, -0.1) is 0 Å². The zero-order chi connectivity index (χ0) is 31.6. The number of carbonyl (C=O) groups excluding carboxylic acids is 2. The van der Waals surface area contributed by atoms with E-state index in [-0.39, 0.29) is 26.2 Å². The molecule has 2 atom stereocenters. The highest BCUT2D eigenvalue weighted by molar-refractivity contribution is 5.91. The summed E-state index contributed by atoms with van der Waals surface area (Å²) >= 11 is 0. The average Bonchev–Trinajstić information content (AvgIpc) is 3.67. The number of alkyl halides is 3. The molecule has 232 valence electrons. The number of nitrogens with zero attached hydrogens (tertiary/aromatic N) is 5. The molecule has 3 heterocycles. The van der Waals surface area contributed by atoms with Crippen LogP contribution in [0.3, 0.4) is 0 Å². The van der Waals surface area contributed by atoms with Gasteiger partial charge in [0.05, 0.1) is 17.9 Å². The van der Waals surface area contributed by atoms with Gasteiger partial charge >= 0.3 is 18.1 Å². The number of hydrogen-bond acceptors (Lipinski definition) is 5. The van der Waals surface area contributed by atoms with E-state index in [4.69, 9.17) is 5.10 Å². The Bertz CT molecular complexity index is 1650. The Hall–Kier alpha value is -4.79. The van der Waals surface area contributed by atoms with E-state index in [9.17, 15) is 31.5 Å². The normalized spacial score (nSPS) is 17.1. The minimum absolute atomic E-state index is 0.0379. The highest BCUT2D eigenvalue weighted by Gasteiger charge is 2.39. The number of rotatable bonds is 8. The van der Waals surface area contributed by atoms with E-state index < -0.39 is 41.7 Å². The molecule has 5 rings (SSSR count). The molecule has 4 aromatic rings. The Morgan fingerprint density at radius 2 is 1.80 bits per heavy atom. The summed E-state index contributed by atoms with van der Waals surface area (Å²) in [6, 6.07) is 11.3. The second-order valence-electron chi connectivity index (χ2n) is 10.5. The molecule has 1 saturated heterocycles. The van der Waals surface area contributed by atoms with Gasteiger partial charge < -0.3 is 10.6 Å². The van der Waals surface area contributed by atoms with Crippen molar-refractivity contribution in [3.63, 3.8) is 0 Å². The minimum atomic E-state index is -5.01. The summed E-state index contributed by atoms with van der Waals surface area (Å²) in [4.78, 5) is 26.4. The number of aromatic nitrogens is 4. The fourth-order valence-electron chi connectivity index (χ4n) is 5.25. The average molecular weight is 617 g/mol. The van der Waals surface area contributed by atoms with E-state index in [1.807, 2.05) is 35.6 Å². The number of amides is 3. The van der Waals surface area contributed by atoms with E-state index in [1.54, 1.807) is 40.6 Å². The SMILES string of the molecule is Cc1c(-c2cnn(C)c2)nn(-c2ccccc2)c1NC(=O)N[C@@H]1CN(CCNC(=O)C(F)(F)F)C[C@H]1c1ccc(F)c(F)c1. The minimum Gasteiger partial charge on any atom is -0.347 e. The topological polar surface area (TPSA) is 109 Å². The predicted octanol–water partition coefficient (Wildman–Crippen LogP) is 4.13. The van der Waals surface area contributed by atoms with Crippen molar-refractivity contribution < 1.29 is 31.5 Å². The van der Waals surface area contributed by atoms with Crippen molar-refractivity contribution in [1.29, 1.82) is 0 Å². The summed E-state index contributed by atoms with van der Waals surface area (Å²) in [5, 5.41) is 16.5. The molecular weight excluding hydrogens is 587 g/mol. The molecule has 1 aliphatic heterocycles. The maximum absolute atomic E-state index is 14.1.